The molecule has 0 spiro atoms. The number of rotatable bonds is 3. The second-order valence-electron chi connectivity index (χ2n) is 6.08. The summed E-state index contributed by atoms with van der Waals surface area (Å²) in [7, 11) is 1.62. The normalized spacial score (nSPS) is 11.0. The van der Waals surface area contributed by atoms with Crippen LogP contribution in [0.2, 0.25) is 0 Å². The van der Waals surface area contributed by atoms with E-state index in [1.54, 1.807) is 7.05 Å². The number of halogens is 1. The number of hydrogen-bond donors (Lipinski definition) is 1. The molecule has 8 heteroatoms. The topological polar surface area (TPSA) is 90.6 Å². The third-order valence-corrected chi connectivity index (χ3v) is 3.26. The van der Waals surface area contributed by atoms with Gasteiger partial charge in [-0.2, -0.15) is 0 Å². The fraction of sp³-hybridized carbons (Fsp3) is 0.312. The van der Waals surface area contributed by atoms with Crippen LogP contribution in [0.4, 0.5) is 14.9 Å². The molecule has 0 aliphatic heterocycles. The maximum atomic E-state index is 13.7. The number of nitrogens with zero attached hydrogens (tertiary/aromatic N) is 3. The molecule has 1 amide bonds. The van der Waals surface area contributed by atoms with Gasteiger partial charge in [0.25, 0.3) is 0 Å². The smallest absolute Gasteiger partial charge is 0.416 e. The number of carbonyl (C=O) groups excluding carboxylic acids is 1. The number of amides is 1. The highest BCUT2D eigenvalue weighted by Crippen LogP contribution is 2.26. The van der Waals surface area contributed by atoms with Gasteiger partial charge in [0, 0.05) is 24.3 Å². The van der Waals surface area contributed by atoms with Gasteiger partial charge in [-0.15, -0.1) is 0 Å². The molecule has 2 aromatic rings. The SMILES string of the molecule is CN(C(=O)Oc1cc(Oc2ccc(N)cc2F)ncn1)C(C)(C)C. The van der Waals surface area contributed by atoms with E-state index in [4.69, 9.17) is 15.2 Å². The van der Waals surface area contributed by atoms with E-state index in [0.717, 1.165) is 12.4 Å². The minimum absolute atomic E-state index is 0.00282. The van der Waals surface area contributed by atoms with Gasteiger partial charge in [-0.25, -0.2) is 19.2 Å². The Hall–Kier alpha value is -2.90. The molecule has 1 aromatic carbocycles. The molecule has 0 atom stereocenters. The number of carbonyl (C=O) groups is 1. The molecule has 0 radical (unpaired) electrons. The molecule has 0 bridgehead atoms. The van der Waals surface area contributed by atoms with Crippen LogP contribution in [0.1, 0.15) is 20.8 Å². The van der Waals surface area contributed by atoms with Gasteiger partial charge in [0.1, 0.15) is 6.33 Å². The second-order valence-corrected chi connectivity index (χ2v) is 6.08. The Morgan fingerprint density at radius 3 is 2.50 bits per heavy atom. The molecule has 2 N–H and O–H groups in total. The molecule has 0 saturated carbocycles. The Morgan fingerprint density at radius 2 is 1.88 bits per heavy atom. The van der Waals surface area contributed by atoms with Gasteiger partial charge in [-0.05, 0) is 32.9 Å². The summed E-state index contributed by atoms with van der Waals surface area (Å²) in [6.45, 7) is 5.60. The van der Waals surface area contributed by atoms with Crippen LogP contribution in [-0.2, 0) is 0 Å². The first-order chi connectivity index (χ1) is 11.2. The molecule has 24 heavy (non-hydrogen) atoms. The molecule has 7 nitrogen and oxygen atoms in total. The van der Waals surface area contributed by atoms with E-state index in [1.807, 2.05) is 20.8 Å². The van der Waals surface area contributed by atoms with Crippen molar-refractivity contribution in [1.29, 1.82) is 0 Å². The van der Waals surface area contributed by atoms with E-state index >= 15 is 0 Å². The fourth-order valence-corrected chi connectivity index (χ4v) is 1.58. The summed E-state index contributed by atoms with van der Waals surface area (Å²) < 4.78 is 24.2. The highest BCUT2D eigenvalue weighted by atomic mass is 19.1. The Balaban J connectivity index is 2.13. The van der Waals surface area contributed by atoms with Gasteiger partial charge in [-0.1, -0.05) is 0 Å². The zero-order valence-corrected chi connectivity index (χ0v) is 13.9. The Bertz CT molecular complexity index is 746. The zero-order valence-electron chi connectivity index (χ0n) is 13.9. The third-order valence-electron chi connectivity index (χ3n) is 3.26. The summed E-state index contributed by atoms with van der Waals surface area (Å²) in [4.78, 5) is 21.2. The quantitative estimate of drug-likeness (QED) is 0.867. The summed E-state index contributed by atoms with van der Waals surface area (Å²) >= 11 is 0. The van der Waals surface area contributed by atoms with Crippen LogP contribution in [0.3, 0.4) is 0 Å². The molecule has 0 aliphatic rings. The molecule has 2 rings (SSSR count). The lowest BCUT2D eigenvalue weighted by Crippen LogP contribution is -2.44. The fourth-order valence-electron chi connectivity index (χ4n) is 1.58. The monoisotopic (exact) mass is 334 g/mol. The molecule has 1 aromatic heterocycles. The van der Waals surface area contributed by atoms with E-state index in [0.29, 0.717) is 0 Å². The van der Waals surface area contributed by atoms with Crippen molar-refractivity contribution in [2.24, 2.45) is 0 Å². The maximum absolute atomic E-state index is 13.7. The van der Waals surface area contributed by atoms with Crippen LogP contribution in [0.5, 0.6) is 17.5 Å². The summed E-state index contributed by atoms with van der Waals surface area (Å²) in [6, 6.07) is 5.31. The van der Waals surface area contributed by atoms with Crippen LogP contribution in [0.25, 0.3) is 0 Å². The molecule has 0 aliphatic carbocycles. The van der Waals surface area contributed by atoms with E-state index in [1.165, 1.54) is 23.1 Å². The maximum Gasteiger partial charge on any atom is 0.416 e. The van der Waals surface area contributed by atoms with Gasteiger partial charge in [0.15, 0.2) is 11.6 Å². The largest absolute Gasteiger partial charge is 0.436 e. The van der Waals surface area contributed by atoms with Crippen LogP contribution < -0.4 is 15.2 Å². The summed E-state index contributed by atoms with van der Waals surface area (Å²) in [5, 5.41) is 0. The third kappa shape index (κ3) is 4.31. The number of benzene rings is 1. The zero-order chi connectivity index (χ0) is 17.9. The van der Waals surface area contributed by atoms with Crippen molar-refractivity contribution in [3.8, 4) is 17.5 Å². The van der Waals surface area contributed by atoms with Gasteiger partial charge in [0.2, 0.25) is 11.8 Å². The van der Waals surface area contributed by atoms with Crippen molar-refractivity contribution in [2.45, 2.75) is 26.3 Å². The lowest BCUT2D eigenvalue weighted by Gasteiger charge is -2.30. The number of ether oxygens (including phenoxy) is 2. The average molecular weight is 334 g/mol. The number of nitrogens with two attached hydrogens (primary N) is 1. The standard InChI is InChI=1S/C16H19FN4O3/c1-16(2,3)21(4)15(22)24-14-8-13(19-9-20-14)23-12-6-5-10(18)7-11(12)17/h5-9H,18H2,1-4H3. The Labute approximate surface area is 139 Å². The Kier molecular flexibility index (Phi) is 4.87. The summed E-state index contributed by atoms with van der Waals surface area (Å²) in [5.74, 6) is -0.640. The molecular formula is C16H19FN4O3. The van der Waals surface area contributed by atoms with E-state index in [-0.39, 0.29) is 23.2 Å². The van der Waals surface area contributed by atoms with Crippen molar-refractivity contribution in [3.63, 3.8) is 0 Å². The first-order valence-electron chi connectivity index (χ1n) is 7.17. The Morgan fingerprint density at radius 1 is 1.21 bits per heavy atom. The van der Waals surface area contributed by atoms with Crippen LogP contribution >= 0.6 is 0 Å². The van der Waals surface area contributed by atoms with Crippen molar-refractivity contribution in [2.75, 3.05) is 12.8 Å². The summed E-state index contributed by atoms with van der Waals surface area (Å²) in [6.07, 6.45) is 0.579. The first kappa shape index (κ1) is 17.5. The highest BCUT2D eigenvalue weighted by Gasteiger charge is 2.24. The number of anilines is 1. The summed E-state index contributed by atoms with van der Waals surface area (Å²) in [5.41, 5.74) is 5.35. The van der Waals surface area contributed by atoms with Gasteiger partial charge < -0.3 is 20.1 Å². The molecule has 1 heterocycles. The predicted molar refractivity (Wildman–Crippen MR) is 86.5 cm³/mol. The van der Waals surface area contributed by atoms with Crippen molar-refractivity contribution in [3.05, 3.63) is 36.4 Å². The molecule has 128 valence electrons. The van der Waals surface area contributed by atoms with Crippen LogP contribution in [-0.4, -0.2) is 33.5 Å². The van der Waals surface area contributed by atoms with E-state index in [2.05, 4.69) is 9.97 Å². The van der Waals surface area contributed by atoms with Crippen molar-refractivity contribution < 1.29 is 18.7 Å². The average Bonchev–Trinajstić information content (AvgIpc) is 2.49. The highest BCUT2D eigenvalue weighted by molar-refractivity contribution is 5.70. The van der Waals surface area contributed by atoms with Gasteiger partial charge >= 0.3 is 6.09 Å². The molecule has 0 unspecified atom stereocenters. The number of aromatic nitrogens is 2. The van der Waals surface area contributed by atoms with Crippen LogP contribution in [0, 0.1) is 5.82 Å². The number of nitrogen functional groups attached to an aromatic ring is 1. The van der Waals surface area contributed by atoms with E-state index in [9.17, 15) is 9.18 Å². The van der Waals surface area contributed by atoms with E-state index < -0.39 is 17.4 Å². The lowest BCUT2D eigenvalue weighted by atomic mass is 10.1. The number of hydrogen-bond acceptors (Lipinski definition) is 6. The minimum Gasteiger partial charge on any atom is -0.436 e. The van der Waals surface area contributed by atoms with Crippen LogP contribution in [0.15, 0.2) is 30.6 Å². The molecule has 0 fully saturated rings. The van der Waals surface area contributed by atoms with Gasteiger partial charge in [0.05, 0.1) is 6.07 Å². The molecular weight excluding hydrogens is 315 g/mol. The molecule has 0 saturated heterocycles. The first-order valence-corrected chi connectivity index (χ1v) is 7.17. The lowest BCUT2D eigenvalue weighted by molar-refractivity contribution is 0.123. The van der Waals surface area contributed by atoms with Gasteiger partial charge in [-0.3, -0.25) is 0 Å². The predicted octanol–water partition coefficient (Wildman–Crippen LogP) is 3.22. The second kappa shape index (κ2) is 6.69. The van der Waals surface area contributed by atoms with Crippen molar-refractivity contribution in [1.82, 2.24) is 14.9 Å². The minimum atomic E-state index is -0.625. The van der Waals surface area contributed by atoms with Crippen molar-refractivity contribution >= 4 is 11.8 Å².